The number of rotatable bonds is 9. The van der Waals surface area contributed by atoms with Crippen molar-refractivity contribution < 1.29 is 0 Å². The van der Waals surface area contributed by atoms with Crippen molar-refractivity contribution in [2.24, 2.45) is 0 Å². The van der Waals surface area contributed by atoms with Crippen molar-refractivity contribution >= 4 is 64.9 Å². The molecule has 0 unspecified atom stereocenters. The summed E-state index contributed by atoms with van der Waals surface area (Å²) < 4.78 is 2.49. The van der Waals surface area contributed by atoms with E-state index in [9.17, 15) is 0 Å². The van der Waals surface area contributed by atoms with Gasteiger partial charge in [0, 0.05) is 16.5 Å². The zero-order valence-electron chi connectivity index (χ0n) is 45.5. The van der Waals surface area contributed by atoms with E-state index in [2.05, 4.69) is 326 Å². The highest BCUT2D eigenvalue weighted by molar-refractivity contribution is 6.16. The molecule has 16 aromatic rings. The van der Waals surface area contributed by atoms with E-state index in [1.54, 1.807) is 0 Å². The van der Waals surface area contributed by atoms with E-state index in [1.165, 1.54) is 132 Å². The Balaban J connectivity index is 0.853. The van der Waals surface area contributed by atoms with Crippen LogP contribution < -0.4 is 0 Å². The highest BCUT2D eigenvalue weighted by Gasteiger charge is 2.19. The fourth-order valence-corrected chi connectivity index (χ4v) is 13.0. The Bertz CT molecular complexity index is 4810. The number of nitrogens with zero attached hydrogens (tertiary/aromatic N) is 1. The second-order valence-electron chi connectivity index (χ2n) is 22.0. The van der Waals surface area contributed by atoms with Gasteiger partial charge in [0.05, 0.1) is 11.0 Å². The van der Waals surface area contributed by atoms with Gasteiger partial charge in [-0.05, 0) is 187 Å². The van der Waals surface area contributed by atoms with Crippen molar-refractivity contribution in [2.75, 3.05) is 0 Å². The molecule has 83 heavy (non-hydrogen) atoms. The molecule has 0 saturated carbocycles. The molecule has 386 valence electrons. The SMILES string of the molecule is c1ccc(-c2ccc(-c3cc(-c4ccc(-c5ccccc5)cc4)cc(-n4c5ccc(-c6ccc(-c7cc8ccccc8c8ccccc78)cc6)cc5c5cc(-c6ccc(-c7cc8ccccc8c8ccccc78)cc6)ccc54)c3)cc2)cc1. The number of benzene rings is 15. The molecule has 0 spiro atoms. The Morgan fingerprint density at radius 3 is 0.843 bits per heavy atom. The van der Waals surface area contributed by atoms with Crippen LogP contribution in [0.4, 0.5) is 0 Å². The summed E-state index contributed by atoms with van der Waals surface area (Å²) in [5, 5.41) is 12.6. The van der Waals surface area contributed by atoms with Crippen LogP contribution in [0.15, 0.2) is 322 Å². The van der Waals surface area contributed by atoms with Crippen LogP contribution in [-0.4, -0.2) is 4.57 Å². The summed E-state index contributed by atoms with van der Waals surface area (Å²) in [5.41, 5.74) is 22.5. The minimum atomic E-state index is 1.11. The lowest BCUT2D eigenvalue weighted by Crippen LogP contribution is -1.96. The van der Waals surface area contributed by atoms with E-state index in [4.69, 9.17) is 0 Å². The first-order valence-electron chi connectivity index (χ1n) is 28.7. The third-order valence-corrected chi connectivity index (χ3v) is 17.2. The van der Waals surface area contributed by atoms with Gasteiger partial charge in [0.15, 0.2) is 0 Å². The van der Waals surface area contributed by atoms with Gasteiger partial charge in [-0.25, -0.2) is 0 Å². The van der Waals surface area contributed by atoms with Gasteiger partial charge in [-0.2, -0.15) is 0 Å². The molecule has 1 heteroatoms. The second-order valence-corrected chi connectivity index (χ2v) is 22.0. The van der Waals surface area contributed by atoms with Crippen LogP contribution in [0.1, 0.15) is 0 Å². The van der Waals surface area contributed by atoms with Gasteiger partial charge < -0.3 is 4.57 Å². The average molecular weight is 1050 g/mol. The normalized spacial score (nSPS) is 11.6. The number of hydrogen-bond donors (Lipinski definition) is 0. The number of aromatic nitrogens is 1. The first-order chi connectivity index (χ1) is 41.1. The third kappa shape index (κ3) is 8.58. The highest BCUT2D eigenvalue weighted by atomic mass is 15.0. The zero-order chi connectivity index (χ0) is 54.8. The third-order valence-electron chi connectivity index (χ3n) is 17.2. The molecule has 0 bridgehead atoms. The molecule has 1 nitrogen and oxygen atoms in total. The van der Waals surface area contributed by atoms with E-state index < -0.39 is 0 Å². The summed E-state index contributed by atoms with van der Waals surface area (Å²) >= 11 is 0. The molecule has 0 amide bonds. The summed E-state index contributed by atoms with van der Waals surface area (Å²) in [4.78, 5) is 0. The Kier molecular flexibility index (Phi) is 11.6. The van der Waals surface area contributed by atoms with Gasteiger partial charge in [0.2, 0.25) is 0 Å². The van der Waals surface area contributed by atoms with Gasteiger partial charge in [0.25, 0.3) is 0 Å². The lowest BCUT2D eigenvalue weighted by Gasteiger charge is -2.15. The van der Waals surface area contributed by atoms with Crippen molar-refractivity contribution in [3.8, 4) is 94.7 Å². The van der Waals surface area contributed by atoms with Crippen LogP contribution in [0.2, 0.25) is 0 Å². The van der Waals surface area contributed by atoms with Crippen molar-refractivity contribution in [1.29, 1.82) is 0 Å². The van der Waals surface area contributed by atoms with Crippen molar-refractivity contribution in [1.82, 2.24) is 4.57 Å². The monoisotopic (exact) mass is 1050 g/mol. The van der Waals surface area contributed by atoms with Crippen molar-refractivity contribution in [3.05, 3.63) is 322 Å². The number of hydrogen-bond acceptors (Lipinski definition) is 0. The summed E-state index contributed by atoms with van der Waals surface area (Å²) in [6.45, 7) is 0. The first kappa shape index (κ1) is 48.1. The zero-order valence-corrected chi connectivity index (χ0v) is 45.5. The van der Waals surface area contributed by atoms with Crippen LogP contribution in [-0.2, 0) is 0 Å². The van der Waals surface area contributed by atoms with E-state index in [-0.39, 0.29) is 0 Å². The predicted molar refractivity (Wildman–Crippen MR) is 354 cm³/mol. The fourth-order valence-electron chi connectivity index (χ4n) is 13.0. The molecule has 1 heterocycles. The minimum Gasteiger partial charge on any atom is -0.309 e. The smallest absolute Gasteiger partial charge is 0.0541 e. The Morgan fingerprint density at radius 1 is 0.157 bits per heavy atom. The Morgan fingerprint density at radius 2 is 0.446 bits per heavy atom. The van der Waals surface area contributed by atoms with Gasteiger partial charge in [-0.3, -0.25) is 0 Å². The summed E-state index contributed by atoms with van der Waals surface area (Å²) in [6.07, 6.45) is 0. The summed E-state index contributed by atoms with van der Waals surface area (Å²) in [7, 11) is 0. The standard InChI is InChI=1S/C82H53N/c1-3-15-54(16-4-1)56-27-31-60(32-28-56)68-47-69(61-33-29-57(30-34-61)55-17-5-2-6-18-55)49-70(48-68)83-81-45-43-64(58-35-39-62(40-36-58)77-52-66-19-7-9-21-71(66)73-23-11-13-25-75(73)77)50-79(81)80-51-65(44-46-82(80)83)59-37-41-63(42-38-59)78-53-67-20-8-10-22-72(67)74-24-12-14-26-76(74)78/h1-53H. The van der Waals surface area contributed by atoms with Crippen molar-refractivity contribution in [3.63, 3.8) is 0 Å². The molecule has 1 aromatic heterocycles. The van der Waals surface area contributed by atoms with E-state index in [1.807, 2.05) is 0 Å². The van der Waals surface area contributed by atoms with Gasteiger partial charge in [-0.1, -0.05) is 267 Å². The van der Waals surface area contributed by atoms with Gasteiger partial charge >= 0.3 is 0 Å². The maximum atomic E-state index is 2.49. The molecule has 0 aliphatic heterocycles. The molecule has 0 fully saturated rings. The fraction of sp³-hybridized carbons (Fsp3) is 0. The lowest BCUT2D eigenvalue weighted by atomic mass is 9.92. The molecule has 0 saturated heterocycles. The maximum absolute atomic E-state index is 2.49. The van der Waals surface area contributed by atoms with E-state index in [0.717, 1.165) is 27.8 Å². The molecule has 0 aliphatic rings. The van der Waals surface area contributed by atoms with Gasteiger partial charge in [0.1, 0.15) is 0 Å². The lowest BCUT2D eigenvalue weighted by molar-refractivity contribution is 1.18. The number of fused-ring (bicyclic) bond motifs is 9. The average Bonchev–Trinajstić information content (AvgIpc) is 3.55. The van der Waals surface area contributed by atoms with E-state index >= 15 is 0 Å². The largest absolute Gasteiger partial charge is 0.309 e. The Labute approximate surface area is 482 Å². The molecule has 0 N–H and O–H groups in total. The molecule has 16 rings (SSSR count). The van der Waals surface area contributed by atoms with Crippen LogP contribution in [0.25, 0.3) is 160 Å². The van der Waals surface area contributed by atoms with Crippen LogP contribution >= 0.6 is 0 Å². The van der Waals surface area contributed by atoms with E-state index in [0.29, 0.717) is 0 Å². The van der Waals surface area contributed by atoms with Crippen molar-refractivity contribution in [2.45, 2.75) is 0 Å². The van der Waals surface area contributed by atoms with Gasteiger partial charge in [-0.15, -0.1) is 0 Å². The second kappa shape index (κ2) is 20.0. The minimum absolute atomic E-state index is 1.11. The predicted octanol–water partition coefficient (Wildman–Crippen LogP) is 22.7. The topological polar surface area (TPSA) is 4.93 Å². The molecule has 0 atom stereocenters. The molecule has 0 aliphatic carbocycles. The summed E-state index contributed by atoms with van der Waals surface area (Å²) in [6, 6.07) is 119. The molecular formula is C82H53N. The van der Waals surface area contributed by atoms with Crippen LogP contribution in [0.3, 0.4) is 0 Å². The van der Waals surface area contributed by atoms with Crippen LogP contribution in [0.5, 0.6) is 0 Å². The summed E-state index contributed by atoms with van der Waals surface area (Å²) in [5.74, 6) is 0. The molecular weight excluding hydrogens is 999 g/mol. The highest BCUT2D eigenvalue weighted by Crippen LogP contribution is 2.43. The van der Waals surface area contributed by atoms with Crippen LogP contribution in [0, 0.1) is 0 Å². The Hall–Kier alpha value is -10.9. The first-order valence-corrected chi connectivity index (χ1v) is 28.7. The molecule has 15 aromatic carbocycles. The quantitative estimate of drug-likeness (QED) is 0.127. The maximum Gasteiger partial charge on any atom is 0.0541 e. The molecule has 0 radical (unpaired) electrons.